The zero-order valence-corrected chi connectivity index (χ0v) is 11.0. The van der Waals surface area contributed by atoms with Crippen LogP contribution < -0.4 is 0 Å². The van der Waals surface area contributed by atoms with E-state index in [1.165, 1.54) is 27.8 Å². The SMILES string of the molecule is CCc1nn(CC2CC2)c(CC)c1I. The van der Waals surface area contributed by atoms with E-state index >= 15 is 0 Å². The summed E-state index contributed by atoms with van der Waals surface area (Å²) in [5.41, 5.74) is 2.72. The van der Waals surface area contributed by atoms with Gasteiger partial charge in [0.05, 0.1) is 15.0 Å². The van der Waals surface area contributed by atoms with Crippen molar-refractivity contribution in [3.8, 4) is 0 Å². The fraction of sp³-hybridized carbons (Fsp3) is 0.727. The van der Waals surface area contributed by atoms with Gasteiger partial charge in [-0.25, -0.2) is 0 Å². The smallest absolute Gasteiger partial charge is 0.0758 e. The number of hydrogen-bond acceptors (Lipinski definition) is 1. The van der Waals surface area contributed by atoms with Crippen LogP contribution in [0.4, 0.5) is 0 Å². The van der Waals surface area contributed by atoms with Gasteiger partial charge in [0.15, 0.2) is 0 Å². The third-order valence-electron chi connectivity index (χ3n) is 2.86. The second kappa shape index (κ2) is 4.21. The molecule has 1 heterocycles. The number of aryl methyl sites for hydroxylation is 1. The molecule has 1 fully saturated rings. The van der Waals surface area contributed by atoms with Crippen LogP contribution in [-0.2, 0) is 19.4 Å². The summed E-state index contributed by atoms with van der Waals surface area (Å²) < 4.78 is 3.64. The number of rotatable bonds is 4. The Morgan fingerprint density at radius 3 is 2.57 bits per heavy atom. The predicted octanol–water partition coefficient (Wildman–Crippen LogP) is 3.02. The van der Waals surface area contributed by atoms with Crippen molar-refractivity contribution in [3.63, 3.8) is 0 Å². The van der Waals surface area contributed by atoms with E-state index in [9.17, 15) is 0 Å². The van der Waals surface area contributed by atoms with Gasteiger partial charge < -0.3 is 0 Å². The molecule has 1 aliphatic carbocycles. The van der Waals surface area contributed by atoms with Gasteiger partial charge in [-0.05, 0) is 54.2 Å². The largest absolute Gasteiger partial charge is 0.268 e. The quantitative estimate of drug-likeness (QED) is 0.782. The molecule has 2 nitrogen and oxygen atoms in total. The molecule has 0 radical (unpaired) electrons. The Bertz CT molecular complexity index is 326. The van der Waals surface area contributed by atoms with E-state index in [0.29, 0.717) is 0 Å². The van der Waals surface area contributed by atoms with Gasteiger partial charge in [-0.1, -0.05) is 13.8 Å². The Morgan fingerprint density at radius 1 is 1.36 bits per heavy atom. The zero-order valence-electron chi connectivity index (χ0n) is 8.89. The highest BCUT2D eigenvalue weighted by Crippen LogP contribution is 2.31. The fourth-order valence-electron chi connectivity index (χ4n) is 1.79. The van der Waals surface area contributed by atoms with Crippen molar-refractivity contribution in [2.45, 2.75) is 46.1 Å². The van der Waals surface area contributed by atoms with E-state index in [1.54, 1.807) is 0 Å². The first-order valence-electron chi connectivity index (χ1n) is 5.50. The zero-order chi connectivity index (χ0) is 10.1. The van der Waals surface area contributed by atoms with Gasteiger partial charge in [0.2, 0.25) is 0 Å². The summed E-state index contributed by atoms with van der Waals surface area (Å²) in [6, 6.07) is 0. The number of aromatic nitrogens is 2. The van der Waals surface area contributed by atoms with Crippen LogP contribution in [0.15, 0.2) is 0 Å². The third kappa shape index (κ3) is 1.97. The lowest BCUT2D eigenvalue weighted by Crippen LogP contribution is -2.06. The Labute approximate surface area is 99.2 Å². The normalized spacial score (nSPS) is 16.2. The molecule has 1 aromatic rings. The highest BCUT2D eigenvalue weighted by Gasteiger charge is 2.24. The molecule has 1 saturated carbocycles. The molecule has 0 bridgehead atoms. The standard InChI is InChI=1S/C11H17IN2/c1-3-9-11(12)10(4-2)14(13-9)7-8-5-6-8/h8H,3-7H2,1-2H3. The van der Waals surface area contributed by atoms with Gasteiger partial charge in [-0.2, -0.15) is 5.10 Å². The maximum absolute atomic E-state index is 4.69. The number of hydrogen-bond donors (Lipinski definition) is 0. The van der Waals surface area contributed by atoms with Gasteiger partial charge in [0.25, 0.3) is 0 Å². The molecule has 0 N–H and O–H groups in total. The summed E-state index contributed by atoms with van der Waals surface area (Å²) >= 11 is 2.45. The molecule has 0 atom stereocenters. The lowest BCUT2D eigenvalue weighted by atomic mass is 10.2. The van der Waals surface area contributed by atoms with E-state index < -0.39 is 0 Å². The molecule has 0 aliphatic heterocycles. The van der Waals surface area contributed by atoms with Gasteiger partial charge >= 0.3 is 0 Å². The van der Waals surface area contributed by atoms with Gasteiger partial charge in [-0.15, -0.1) is 0 Å². The Balaban J connectivity index is 2.26. The van der Waals surface area contributed by atoms with Crippen LogP contribution in [0, 0.1) is 9.49 Å². The van der Waals surface area contributed by atoms with Crippen molar-refractivity contribution < 1.29 is 0 Å². The predicted molar refractivity (Wildman–Crippen MR) is 66.4 cm³/mol. The van der Waals surface area contributed by atoms with Gasteiger partial charge in [0, 0.05) is 6.54 Å². The highest BCUT2D eigenvalue weighted by molar-refractivity contribution is 14.1. The molecular weight excluding hydrogens is 287 g/mol. The third-order valence-corrected chi connectivity index (χ3v) is 4.10. The van der Waals surface area contributed by atoms with Gasteiger partial charge in [-0.3, -0.25) is 4.68 Å². The maximum atomic E-state index is 4.69. The lowest BCUT2D eigenvalue weighted by molar-refractivity contribution is 0.537. The van der Waals surface area contributed by atoms with Crippen molar-refractivity contribution >= 4 is 22.6 Å². The molecule has 0 saturated heterocycles. The molecular formula is C11H17IN2. The van der Waals surface area contributed by atoms with E-state index in [2.05, 4.69) is 46.2 Å². The molecule has 3 heteroatoms. The molecule has 78 valence electrons. The molecule has 14 heavy (non-hydrogen) atoms. The summed E-state index contributed by atoms with van der Waals surface area (Å²) in [5, 5.41) is 4.69. The summed E-state index contributed by atoms with van der Waals surface area (Å²) in [4.78, 5) is 0. The summed E-state index contributed by atoms with van der Waals surface area (Å²) in [7, 11) is 0. The van der Waals surface area contributed by atoms with E-state index in [4.69, 9.17) is 0 Å². The maximum Gasteiger partial charge on any atom is 0.0758 e. The van der Waals surface area contributed by atoms with Crippen LogP contribution in [0.1, 0.15) is 38.1 Å². The van der Waals surface area contributed by atoms with Crippen molar-refractivity contribution in [2.24, 2.45) is 5.92 Å². The Hall–Kier alpha value is -0.0600. The minimum atomic E-state index is 0.917. The summed E-state index contributed by atoms with van der Waals surface area (Å²) in [6.07, 6.45) is 4.98. The second-order valence-corrected chi connectivity index (χ2v) is 5.12. The number of halogens is 1. The van der Waals surface area contributed by atoms with Crippen molar-refractivity contribution in [3.05, 3.63) is 15.0 Å². The molecule has 0 spiro atoms. The number of nitrogens with zero attached hydrogens (tertiary/aromatic N) is 2. The molecule has 1 aromatic heterocycles. The first-order valence-corrected chi connectivity index (χ1v) is 6.58. The first kappa shape index (κ1) is 10.5. The Kier molecular flexibility index (Phi) is 3.14. The van der Waals surface area contributed by atoms with E-state index in [0.717, 1.165) is 25.3 Å². The van der Waals surface area contributed by atoms with Crippen molar-refractivity contribution in [1.82, 2.24) is 9.78 Å². The van der Waals surface area contributed by atoms with Crippen LogP contribution in [-0.4, -0.2) is 9.78 Å². The lowest BCUT2D eigenvalue weighted by Gasteiger charge is -2.03. The average Bonchev–Trinajstić information content (AvgIpc) is 2.92. The topological polar surface area (TPSA) is 17.8 Å². The molecule has 1 aliphatic rings. The second-order valence-electron chi connectivity index (χ2n) is 4.04. The Morgan fingerprint density at radius 2 is 2.07 bits per heavy atom. The van der Waals surface area contributed by atoms with E-state index in [1.807, 2.05) is 0 Å². The minimum Gasteiger partial charge on any atom is -0.268 e. The molecule has 0 aromatic carbocycles. The van der Waals surface area contributed by atoms with Crippen LogP contribution in [0.5, 0.6) is 0 Å². The van der Waals surface area contributed by atoms with E-state index in [-0.39, 0.29) is 0 Å². The molecule has 0 unspecified atom stereocenters. The minimum absolute atomic E-state index is 0.917. The molecule has 0 amide bonds. The molecule has 2 rings (SSSR count). The highest BCUT2D eigenvalue weighted by atomic mass is 127. The monoisotopic (exact) mass is 304 g/mol. The van der Waals surface area contributed by atoms with Crippen LogP contribution >= 0.6 is 22.6 Å². The average molecular weight is 304 g/mol. The fourth-order valence-corrected chi connectivity index (χ4v) is 2.94. The van der Waals surface area contributed by atoms with Gasteiger partial charge in [0.1, 0.15) is 0 Å². The van der Waals surface area contributed by atoms with Crippen LogP contribution in [0.3, 0.4) is 0 Å². The van der Waals surface area contributed by atoms with Crippen LogP contribution in [0.2, 0.25) is 0 Å². The van der Waals surface area contributed by atoms with Crippen molar-refractivity contribution in [2.75, 3.05) is 0 Å². The summed E-state index contributed by atoms with van der Waals surface area (Å²) in [6.45, 7) is 5.56. The van der Waals surface area contributed by atoms with Crippen LogP contribution in [0.25, 0.3) is 0 Å². The summed E-state index contributed by atoms with van der Waals surface area (Å²) in [5.74, 6) is 0.917. The first-order chi connectivity index (χ1) is 6.76. The van der Waals surface area contributed by atoms with Crippen molar-refractivity contribution in [1.29, 1.82) is 0 Å².